The molecule has 0 aromatic carbocycles. The van der Waals surface area contributed by atoms with E-state index in [1.807, 2.05) is 11.9 Å². The van der Waals surface area contributed by atoms with Crippen LogP contribution in [-0.2, 0) is 9.59 Å². The van der Waals surface area contributed by atoms with Crippen molar-refractivity contribution in [2.24, 2.45) is 11.3 Å². The maximum atomic E-state index is 12.8. The number of carbonyl (C=O) groups excluding carboxylic acids is 2. The zero-order valence-corrected chi connectivity index (χ0v) is 15.6. The van der Waals surface area contributed by atoms with Gasteiger partial charge in [0.1, 0.15) is 0 Å². The van der Waals surface area contributed by atoms with Crippen LogP contribution in [-0.4, -0.2) is 49.4 Å². The second-order valence-corrected chi connectivity index (χ2v) is 7.71. The molecule has 2 saturated carbocycles. The maximum Gasteiger partial charge on any atom is 0.241 e. The Morgan fingerprint density at radius 3 is 2.58 bits per heavy atom. The molecular formula is C18H32ClN3O2. The van der Waals surface area contributed by atoms with Gasteiger partial charge in [-0.05, 0) is 38.1 Å². The van der Waals surface area contributed by atoms with Gasteiger partial charge in [0.25, 0.3) is 0 Å². The minimum atomic E-state index is -0.262. The first kappa shape index (κ1) is 19.5. The zero-order valence-electron chi connectivity index (χ0n) is 14.8. The van der Waals surface area contributed by atoms with Crippen LogP contribution in [0.15, 0.2) is 0 Å². The van der Waals surface area contributed by atoms with Gasteiger partial charge in [0.15, 0.2) is 0 Å². The molecule has 2 atom stereocenters. The number of carbonyl (C=O) groups is 2. The van der Waals surface area contributed by atoms with Crippen LogP contribution in [0, 0.1) is 11.3 Å². The average molecular weight is 358 g/mol. The topological polar surface area (TPSA) is 61.4 Å². The van der Waals surface area contributed by atoms with Gasteiger partial charge in [-0.25, -0.2) is 0 Å². The lowest BCUT2D eigenvalue weighted by atomic mass is 9.67. The molecule has 0 spiro atoms. The van der Waals surface area contributed by atoms with E-state index in [1.54, 1.807) is 0 Å². The highest BCUT2D eigenvalue weighted by Gasteiger charge is 2.49. The summed E-state index contributed by atoms with van der Waals surface area (Å²) in [6.45, 7) is 1.87. The van der Waals surface area contributed by atoms with Crippen molar-refractivity contribution in [1.82, 2.24) is 15.5 Å². The van der Waals surface area contributed by atoms with Gasteiger partial charge >= 0.3 is 0 Å². The summed E-state index contributed by atoms with van der Waals surface area (Å²) in [5.41, 5.74) is -0.262. The van der Waals surface area contributed by atoms with Crippen LogP contribution >= 0.6 is 12.4 Å². The Bertz CT molecular complexity index is 454. The number of hydrogen-bond donors (Lipinski definition) is 2. The molecule has 138 valence electrons. The molecule has 3 rings (SSSR count). The van der Waals surface area contributed by atoms with E-state index < -0.39 is 0 Å². The predicted octanol–water partition coefficient (Wildman–Crippen LogP) is 2.10. The van der Waals surface area contributed by atoms with E-state index in [2.05, 4.69) is 10.6 Å². The Labute approximate surface area is 151 Å². The highest BCUT2D eigenvalue weighted by atomic mass is 35.5. The van der Waals surface area contributed by atoms with Crippen molar-refractivity contribution >= 4 is 24.2 Å². The highest BCUT2D eigenvalue weighted by molar-refractivity contribution is 5.88. The molecule has 2 N–H and O–H groups in total. The molecule has 3 fully saturated rings. The monoisotopic (exact) mass is 357 g/mol. The van der Waals surface area contributed by atoms with E-state index in [0.29, 0.717) is 12.0 Å². The van der Waals surface area contributed by atoms with E-state index in [0.717, 1.165) is 45.2 Å². The fourth-order valence-corrected chi connectivity index (χ4v) is 4.82. The number of fused-ring (bicyclic) bond motifs is 1. The van der Waals surface area contributed by atoms with Gasteiger partial charge in [-0.2, -0.15) is 0 Å². The maximum absolute atomic E-state index is 12.8. The fourth-order valence-electron chi connectivity index (χ4n) is 4.82. The van der Waals surface area contributed by atoms with Gasteiger partial charge in [0, 0.05) is 19.6 Å². The van der Waals surface area contributed by atoms with E-state index in [4.69, 9.17) is 0 Å². The number of halogens is 1. The van der Waals surface area contributed by atoms with E-state index >= 15 is 0 Å². The van der Waals surface area contributed by atoms with Crippen molar-refractivity contribution < 1.29 is 9.59 Å². The first-order valence-corrected chi connectivity index (χ1v) is 9.38. The largest absolute Gasteiger partial charge is 0.346 e. The number of rotatable bonds is 4. The smallest absolute Gasteiger partial charge is 0.241 e. The summed E-state index contributed by atoms with van der Waals surface area (Å²) >= 11 is 0. The van der Waals surface area contributed by atoms with Crippen molar-refractivity contribution in [1.29, 1.82) is 0 Å². The molecule has 2 amide bonds. The molecule has 6 heteroatoms. The summed E-state index contributed by atoms with van der Waals surface area (Å²) in [6.07, 6.45) is 10.4. The summed E-state index contributed by atoms with van der Waals surface area (Å²) in [4.78, 5) is 27.1. The Balaban J connectivity index is 0.00000208. The summed E-state index contributed by atoms with van der Waals surface area (Å²) in [5, 5.41) is 6.36. The van der Waals surface area contributed by atoms with Crippen molar-refractivity contribution in [2.75, 3.05) is 26.7 Å². The van der Waals surface area contributed by atoms with Crippen LogP contribution in [0.25, 0.3) is 0 Å². The summed E-state index contributed by atoms with van der Waals surface area (Å²) in [6, 6.07) is 0.363. The normalized spacial score (nSPS) is 30.1. The quantitative estimate of drug-likeness (QED) is 0.810. The lowest BCUT2D eigenvalue weighted by molar-refractivity contribution is -0.138. The third-order valence-electron chi connectivity index (χ3n) is 6.41. The first-order valence-electron chi connectivity index (χ1n) is 9.38. The van der Waals surface area contributed by atoms with Crippen LogP contribution < -0.4 is 10.6 Å². The summed E-state index contributed by atoms with van der Waals surface area (Å²) < 4.78 is 0. The highest BCUT2D eigenvalue weighted by Crippen LogP contribution is 2.43. The van der Waals surface area contributed by atoms with Gasteiger partial charge < -0.3 is 15.5 Å². The molecule has 2 aliphatic carbocycles. The fraction of sp³-hybridized carbons (Fsp3) is 0.889. The molecule has 24 heavy (non-hydrogen) atoms. The second kappa shape index (κ2) is 8.52. The van der Waals surface area contributed by atoms with E-state index in [-0.39, 0.29) is 36.2 Å². The summed E-state index contributed by atoms with van der Waals surface area (Å²) in [7, 11) is 1.89. The minimum Gasteiger partial charge on any atom is -0.346 e. The molecule has 3 aliphatic rings. The van der Waals surface area contributed by atoms with Crippen LogP contribution in [0.3, 0.4) is 0 Å². The lowest BCUT2D eigenvalue weighted by Gasteiger charge is -2.37. The Hall–Kier alpha value is -0.810. The Morgan fingerprint density at radius 1 is 1.12 bits per heavy atom. The molecular weight excluding hydrogens is 326 g/mol. The lowest BCUT2D eigenvalue weighted by Crippen LogP contribution is -2.51. The van der Waals surface area contributed by atoms with Crippen LogP contribution in [0.4, 0.5) is 0 Å². The molecule has 1 saturated heterocycles. The van der Waals surface area contributed by atoms with Gasteiger partial charge in [-0.3, -0.25) is 9.59 Å². The van der Waals surface area contributed by atoms with Crippen molar-refractivity contribution in [3.63, 3.8) is 0 Å². The number of amides is 2. The molecule has 5 nitrogen and oxygen atoms in total. The van der Waals surface area contributed by atoms with Gasteiger partial charge in [-0.15, -0.1) is 12.4 Å². The second-order valence-electron chi connectivity index (χ2n) is 7.71. The average Bonchev–Trinajstić information content (AvgIpc) is 3.04. The standard InChI is InChI=1S/C18H31N3O2.ClH/c1-21(15-8-3-2-4-9-15)16(22)12-20-17(23)18-10-6-5-7-14(18)11-19-13-18;/h14-15,19H,2-13H2,1H3,(H,20,23);1H/t14-,18+;/m0./s1. The molecule has 0 bridgehead atoms. The van der Waals surface area contributed by atoms with Crippen LogP contribution in [0.1, 0.15) is 57.8 Å². The van der Waals surface area contributed by atoms with Crippen LogP contribution in [0.5, 0.6) is 0 Å². The SMILES string of the molecule is CN(C(=O)CNC(=O)[C@@]12CCCC[C@H]1CNC2)C1CCCCC1.Cl. The zero-order chi connectivity index (χ0) is 16.3. The molecule has 0 aromatic heterocycles. The third-order valence-corrected chi connectivity index (χ3v) is 6.41. The molecule has 0 aromatic rings. The molecule has 0 radical (unpaired) electrons. The molecule has 0 unspecified atom stereocenters. The first-order chi connectivity index (χ1) is 11.1. The Morgan fingerprint density at radius 2 is 1.83 bits per heavy atom. The third kappa shape index (κ3) is 3.88. The van der Waals surface area contributed by atoms with E-state index in [1.165, 1.54) is 25.7 Å². The molecule has 1 heterocycles. The number of nitrogens with one attached hydrogen (secondary N) is 2. The van der Waals surface area contributed by atoms with Crippen molar-refractivity contribution in [2.45, 2.75) is 63.8 Å². The minimum absolute atomic E-state index is 0. The predicted molar refractivity (Wildman–Crippen MR) is 97.2 cm³/mol. The van der Waals surface area contributed by atoms with Gasteiger partial charge in [0.05, 0.1) is 12.0 Å². The number of hydrogen-bond acceptors (Lipinski definition) is 3. The molecule has 1 aliphatic heterocycles. The van der Waals surface area contributed by atoms with Crippen molar-refractivity contribution in [3.8, 4) is 0 Å². The van der Waals surface area contributed by atoms with Gasteiger partial charge in [0.2, 0.25) is 11.8 Å². The number of likely N-dealkylation sites (N-methyl/N-ethyl adjacent to an activating group) is 1. The van der Waals surface area contributed by atoms with E-state index in [9.17, 15) is 9.59 Å². The summed E-state index contributed by atoms with van der Waals surface area (Å²) in [5.74, 6) is 0.597. The van der Waals surface area contributed by atoms with Crippen molar-refractivity contribution in [3.05, 3.63) is 0 Å². The van der Waals surface area contributed by atoms with Crippen LogP contribution in [0.2, 0.25) is 0 Å². The number of nitrogens with zero attached hydrogens (tertiary/aromatic N) is 1. The Kier molecular flexibility index (Phi) is 6.93. The van der Waals surface area contributed by atoms with Gasteiger partial charge in [-0.1, -0.05) is 32.1 Å².